The summed E-state index contributed by atoms with van der Waals surface area (Å²) in [6.45, 7) is 1.62. The second kappa shape index (κ2) is 4.09. The molecule has 3 unspecified atom stereocenters. The quantitative estimate of drug-likeness (QED) is 0.819. The number of hydrogen-bond donors (Lipinski definition) is 2. The lowest BCUT2D eigenvalue weighted by molar-refractivity contribution is -0.140. The summed E-state index contributed by atoms with van der Waals surface area (Å²) in [6.07, 6.45) is 3.07. The molecule has 2 heterocycles. The van der Waals surface area contributed by atoms with Gasteiger partial charge in [-0.15, -0.1) is 0 Å². The molecule has 20 heavy (non-hydrogen) atoms. The van der Waals surface area contributed by atoms with Crippen molar-refractivity contribution < 1.29 is 9.90 Å². The van der Waals surface area contributed by atoms with Crippen molar-refractivity contribution in [1.82, 2.24) is 4.90 Å². The van der Waals surface area contributed by atoms with Gasteiger partial charge in [0.15, 0.2) is 0 Å². The first kappa shape index (κ1) is 12.0. The molecule has 3 aliphatic rings. The number of nitrogens with zero attached hydrogens (tertiary/aromatic N) is 1. The van der Waals surface area contributed by atoms with Crippen LogP contribution in [0.25, 0.3) is 5.57 Å². The smallest absolute Gasteiger partial charge is 0.311 e. The summed E-state index contributed by atoms with van der Waals surface area (Å²) in [5.41, 5.74) is 5.09. The Hall–Kier alpha value is -1.81. The number of rotatable bonds is 1. The minimum absolute atomic E-state index is 0.359. The first-order chi connectivity index (χ1) is 9.65. The molecule has 4 rings (SSSR count). The molecular formula is C16H18N2O2. The van der Waals surface area contributed by atoms with Crippen molar-refractivity contribution in [3.05, 3.63) is 35.4 Å². The fraction of sp³-hybridized carbons (Fsp3) is 0.438. The maximum Gasteiger partial charge on any atom is 0.311 e. The largest absolute Gasteiger partial charge is 0.481 e. The van der Waals surface area contributed by atoms with E-state index in [1.165, 1.54) is 22.4 Å². The summed E-state index contributed by atoms with van der Waals surface area (Å²) in [6, 6.07) is 6.70. The Bertz CT molecular complexity index is 623. The molecule has 1 aromatic rings. The van der Waals surface area contributed by atoms with Crippen LogP contribution in [-0.4, -0.2) is 42.2 Å². The van der Waals surface area contributed by atoms with Crippen LogP contribution < -0.4 is 5.32 Å². The van der Waals surface area contributed by atoms with Crippen LogP contribution in [0.2, 0.25) is 0 Å². The van der Waals surface area contributed by atoms with Gasteiger partial charge in [-0.05, 0) is 36.2 Å². The van der Waals surface area contributed by atoms with Crippen LogP contribution in [0.1, 0.15) is 23.5 Å². The number of nitrogens with one attached hydrogen (secondary N) is 1. The summed E-state index contributed by atoms with van der Waals surface area (Å²) in [7, 11) is 2.05. The minimum Gasteiger partial charge on any atom is -0.481 e. The van der Waals surface area contributed by atoms with Crippen molar-refractivity contribution in [2.24, 2.45) is 5.92 Å². The molecule has 1 aromatic carbocycles. The normalized spacial score (nSPS) is 31.1. The zero-order chi connectivity index (χ0) is 13.9. The maximum absolute atomic E-state index is 11.3. The van der Waals surface area contributed by atoms with E-state index >= 15 is 0 Å². The predicted octanol–water partition coefficient (Wildman–Crippen LogP) is 2.00. The Morgan fingerprint density at radius 3 is 3.10 bits per heavy atom. The number of fused-ring (bicyclic) bond motifs is 2. The van der Waals surface area contributed by atoms with Crippen molar-refractivity contribution in [3.8, 4) is 0 Å². The highest BCUT2D eigenvalue weighted by molar-refractivity contribution is 5.84. The van der Waals surface area contributed by atoms with Gasteiger partial charge < -0.3 is 10.4 Å². The number of carbonyl (C=O) groups is 1. The van der Waals surface area contributed by atoms with E-state index in [0.717, 1.165) is 13.0 Å². The molecule has 104 valence electrons. The van der Waals surface area contributed by atoms with Crippen LogP contribution >= 0.6 is 0 Å². The van der Waals surface area contributed by atoms with E-state index in [4.69, 9.17) is 0 Å². The average Bonchev–Trinajstić information content (AvgIpc) is 2.84. The molecular weight excluding hydrogens is 252 g/mol. The molecule has 3 atom stereocenters. The highest BCUT2D eigenvalue weighted by Crippen LogP contribution is 2.48. The molecule has 0 fully saturated rings. The lowest BCUT2D eigenvalue weighted by Gasteiger charge is -2.41. The number of hydrogen-bond acceptors (Lipinski definition) is 3. The summed E-state index contributed by atoms with van der Waals surface area (Å²) in [5.74, 6) is -0.559. The van der Waals surface area contributed by atoms with Gasteiger partial charge in [0.05, 0.1) is 5.92 Å². The monoisotopic (exact) mass is 270 g/mol. The van der Waals surface area contributed by atoms with Gasteiger partial charge in [0.1, 0.15) is 0 Å². The molecule has 0 saturated heterocycles. The Kier molecular flexibility index (Phi) is 2.45. The predicted molar refractivity (Wildman–Crippen MR) is 77.8 cm³/mol. The van der Waals surface area contributed by atoms with Crippen LogP contribution in [-0.2, 0) is 4.79 Å². The van der Waals surface area contributed by atoms with Crippen LogP contribution in [0.4, 0.5) is 5.69 Å². The Morgan fingerprint density at radius 1 is 1.45 bits per heavy atom. The third-order valence-electron chi connectivity index (χ3n) is 4.95. The van der Waals surface area contributed by atoms with Gasteiger partial charge >= 0.3 is 5.97 Å². The van der Waals surface area contributed by atoms with Gasteiger partial charge in [0.25, 0.3) is 0 Å². The molecule has 0 spiro atoms. The molecule has 4 heteroatoms. The van der Waals surface area contributed by atoms with E-state index in [1.54, 1.807) is 0 Å². The third-order valence-corrected chi connectivity index (χ3v) is 4.95. The first-order valence-electron chi connectivity index (χ1n) is 7.17. The second-order valence-corrected chi connectivity index (χ2v) is 6.10. The van der Waals surface area contributed by atoms with Crippen LogP contribution in [0, 0.1) is 5.92 Å². The minimum atomic E-state index is -0.726. The van der Waals surface area contributed by atoms with E-state index in [-0.39, 0.29) is 0 Å². The number of anilines is 1. The molecule has 0 saturated carbocycles. The summed E-state index contributed by atoms with van der Waals surface area (Å²) >= 11 is 0. The standard InChI is InChI=1S/C16H18N2O2/c1-18-8-10(16(19)20)5-12-11-3-2-4-13-15(11)9(7-17-13)6-14(12)18/h2-5,9-10,14,17H,6-8H2,1H3,(H,19,20). The van der Waals surface area contributed by atoms with Gasteiger partial charge in [-0.2, -0.15) is 0 Å². The fourth-order valence-electron chi connectivity index (χ4n) is 4.00. The van der Waals surface area contributed by atoms with Crippen molar-refractivity contribution >= 4 is 17.2 Å². The number of carboxylic acids is 1. The van der Waals surface area contributed by atoms with Crippen LogP contribution in [0.15, 0.2) is 24.3 Å². The van der Waals surface area contributed by atoms with E-state index in [0.29, 0.717) is 18.5 Å². The zero-order valence-electron chi connectivity index (χ0n) is 11.5. The fourth-order valence-corrected chi connectivity index (χ4v) is 4.00. The van der Waals surface area contributed by atoms with Crippen molar-refractivity contribution in [3.63, 3.8) is 0 Å². The first-order valence-corrected chi connectivity index (χ1v) is 7.17. The van der Waals surface area contributed by atoms with Crippen LogP contribution in [0.5, 0.6) is 0 Å². The van der Waals surface area contributed by atoms with Crippen LogP contribution in [0.3, 0.4) is 0 Å². The van der Waals surface area contributed by atoms with Crippen molar-refractivity contribution in [2.45, 2.75) is 18.4 Å². The van der Waals surface area contributed by atoms with E-state index in [9.17, 15) is 9.90 Å². The van der Waals surface area contributed by atoms with Gasteiger partial charge in [0.2, 0.25) is 0 Å². The molecule has 1 aliphatic carbocycles. The maximum atomic E-state index is 11.3. The SMILES string of the molecule is CN1CC(C(=O)O)C=C2c3cccc4c3C(CN4)CC21. The van der Waals surface area contributed by atoms with Gasteiger partial charge in [-0.1, -0.05) is 18.2 Å². The number of benzene rings is 1. The summed E-state index contributed by atoms with van der Waals surface area (Å²) in [4.78, 5) is 13.6. The van der Waals surface area contributed by atoms with Crippen molar-refractivity contribution in [2.75, 3.05) is 25.5 Å². The van der Waals surface area contributed by atoms with E-state index in [2.05, 4.69) is 28.4 Å². The summed E-state index contributed by atoms with van der Waals surface area (Å²) < 4.78 is 0. The van der Waals surface area contributed by atoms with Gasteiger partial charge in [0, 0.05) is 30.7 Å². The van der Waals surface area contributed by atoms with Gasteiger partial charge in [-0.3, -0.25) is 9.69 Å². The third kappa shape index (κ3) is 1.54. The Morgan fingerprint density at radius 2 is 2.30 bits per heavy atom. The highest BCUT2D eigenvalue weighted by Gasteiger charge is 2.40. The van der Waals surface area contributed by atoms with Crippen molar-refractivity contribution in [1.29, 1.82) is 0 Å². The van der Waals surface area contributed by atoms with E-state index < -0.39 is 11.9 Å². The lowest BCUT2D eigenvalue weighted by Crippen LogP contribution is -2.44. The molecule has 0 aromatic heterocycles. The topological polar surface area (TPSA) is 52.6 Å². The second-order valence-electron chi connectivity index (χ2n) is 6.10. The lowest BCUT2D eigenvalue weighted by atomic mass is 9.74. The molecule has 0 radical (unpaired) electrons. The number of aliphatic carboxylic acids is 1. The molecule has 4 nitrogen and oxygen atoms in total. The van der Waals surface area contributed by atoms with Gasteiger partial charge in [-0.25, -0.2) is 0 Å². The summed E-state index contributed by atoms with van der Waals surface area (Å²) in [5, 5.41) is 12.8. The molecule has 2 N–H and O–H groups in total. The Balaban J connectivity index is 1.88. The number of carboxylic acid groups (broad SMARTS) is 1. The highest BCUT2D eigenvalue weighted by atomic mass is 16.4. The average molecular weight is 270 g/mol. The zero-order valence-corrected chi connectivity index (χ0v) is 11.5. The number of likely N-dealkylation sites (N-methyl/N-ethyl adjacent to an activating group) is 1. The Labute approximate surface area is 118 Å². The van der Waals surface area contributed by atoms with E-state index in [1.807, 2.05) is 13.1 Å². The molecule has 0 bridgehead atoms. The molecule has 2 aliphatic heterocycles. The molecule has 0 amide bonds.